The van der Waals surface area contributed by atoms with Crippen LogP contribution in [0.2, 0.25) is 5.02 Å². The van der Waals surface area contributed by atoms with Crippen molar-refractivity contribution in [1.29, 1.82) is 0 Å². The highest BCUT2D eigenvalue weighted by atomic mass is 35.5. The fourth-order valence-corrected chi connectivity index (χ4v) is 2.68. The fourth-order valence-electron chi connectivity index (χ4n) is 2.46. The number of hydrogen-bond donors (Lipinski definition) is 0. The largest absolute Gasteiger partial charge is 0.463 e. The van der Waals surface area contributed by atoms with E-state index < -0.39 is 17.9 Å². The van der Waals surface area contributed by atoms with Crippen LogP contribution in [-0.2, 0) is 28.5 Å². The van der Waals surface area contributed by atoms with Crippen molar-refractivity contribution in [1.82, 2.24) is 0 Å². The quantitative estimate of drug-likeness (QED) is 0.472. The predicted octanol–water partition coefficient (Wildman–Crippen LogP) is 2.52. The van der Waals surface area contributed by atoms with Crippen molar-refractivity contribution in [2.75, 3.05) is 40.6 Å². The molecule has 0 N–H and O–H groups in total. The Morgan fingerprint density at radius 1 is 1.07 bits per heavy atom. The van der Waals surface area contributed by atoms with E-state index in [9.17, 15) is 9.59 Å². The van der Waals surface area contributed by atoms with Crippen LogP contribution in [0.25, 0.3) is 5.70 Å². The van der Waals surface area contributed by atoms with Crippen LogP contribution in [0.1, 0.15) is 12.0 Å². The lowest BCUT2D eigenvalue weighted by molar-refractivity contribution is -0.147. The molecule has 1 atom stereocenters. The molecule has 1 aromatic rings. The summed E-state index contributed by atoms with van der Waals surface area (Å²) >= 11 is 6.25. The predicted molar refractivity (Wildman–Crippen MR) is 101 cm³/mol. The van der Waals surface area contributed by atoms with Crippen LogP contribution in [0.5, 0.6) is 0 Å². The molecule has 0 aliphatic carbocycles. The van der Waals surface area contributed by atoms with Gasteiger partial charge in [0.25, 0.3) is 0 Å². The zero-order chi connectivity index (χ0) is 19.6. The van der Waals surface area contributed by atoms with Crippen LogP contribution in [0.3, 0.4) is 0 Å². The van der Waals surface area contributed by atoms with Crippen LogP contribution in [0.15, 0.2) is 34.8 Å². The van der Waals surface area contributed by atoms with Gasteiger partial charge >= 0.3 is 11.9 Å². The van der Waals surface area contributed by atoms with Crippen molar-refractivity contribution in [3.05, 3.63) is 40.4 Å². The molecule has 0 saturated heterocycles. The number of hydrogen-bond acceptors (Lipinski definition) is 7. The van der Waals surface area contributed by atoms with Crippen molar-refractivity contribution < 1.29 is 28.5 Å². The number of aliphatic imine (C=N–C) groups is 1. The van der Waals surface area contributed by atoms with Crippen molar-refractivity contribution in [3.63, 3.8) is 0 Å². The van der Waals surface area contributed by atoms with Crippen molar-refractivity contribution >= 4 is 35.5 Å². The van der Waals surface area contributed by atoms with Crippen LogP contribution in [-0.4, -0.2) is 58.8 Å². The molecule has 1 aliphatic heterocycles. The molecular weight excluding hydrogens is 374 g/mol. The molecule has 8 heteroatoms. The minimum Gasteiger partial charge on any atom is -0.463 e. The molecule has 0 spiro atoms. The maximum atomic E-state index is 12.6. The Bertz CT molecular complexity index is 731. The van der Waals surface area contributed by atoms with E-state index in [2.05, 4.69) is 4.99 Å². The maximum Gasteiger partial charge on any atom is 0.336 e. The molecule has 0 aromatic heterocycles. The van der Waals surface area contributed by atoms with Gasteiger partial charge in [0.1, 0.15) is 13.2 Å². The van der Waals surface area contributed by atoms with E-state index in [-0.39, 0.29) is 31.8 Å². The number of nitrogens with zero attached hydrogens (tertiary/aromatic N) is 1. The monoisotopic (exact) mass is 395 g/mol. The molecule has 0 amide bonds. The second-order valence-electron chi connectivity index (χ2n) is 5.68. The van der Waals surface area contributed by atoms with Crippen LogP contribution in [0, 0.1) is 5.92 Å². The second kappa shape index (κ2) is 10.8. The average molecular weight is 396 g/mol. The van der Waals surface area contributed by atoms with Gasteiger partial charge in [0.05, 0.1) is 30.4 Å². The van der Waals surface area contributed by atoms with Crippen LogP contribution >= 0.6 is 11.6 Å². The molecule has 0 bridgehead atoms. The Hall–Kier alpha value is -2.22. The first-order valence-electron chi connectivity index (χ1n) is 8.42. The Morgan fingerprint density at radius 3 is 2.41 bits per heavy atom. The number of rotatable bonds is 9. The van der Waals surface area contributed by atoms with Crippen LogP contribution < -0.4 is 0 Å². The summed E-state index contributed by atoms with van der Waals surface area (Å²) in [4.78, 5) is 29.1. The molecule has 146 valence electrons. The average Bonchev–Trinajstić information content (AvgIpc) is 2.68. The molecule has 0 fully saturated rings. The van der Waals surface area contributed by atoms with E-state index >= 15 is 0 Å². The van der Waals surface area contributed by atoms with Gasteiger partial charge in [-0.1, -0.05) is 29.8 Å². The number of esters is 2. The highest BCUT2D eigenvalue weighted by Crippen LogP contribution is 2.33. The fraction of sp³-hybridized carbons (Fsp3) is 0.421. The molecule has 2 rings (SSSR count). The molecule has 1 unspecified atom stereocenters. The van der Waals surface area contributed by atoms with Gasteiger partial charge in [0.15, 0.2) is 0 Å². The standard InChI is InChI=1S/C19H22ClNO6/c1-24-7-9-26-18(22)13-11-15(19(23)27-10-8-25-2)17(21-12-13)14-5-3-4-6-16(14)20/h3-6,12-13H,7-11H2,1-2H3. The second-order valence-corrected chi connectivity index (χ2v) is 6.09. The zero-order valence-corrected chi connectivity index (χ0v) is 16.0. The number of methoxy groups -OCH3 is 2. The first-order valence-corrected chi connectivity index (χ1v) is 8.80. The SMILES string of the molecule is COCCOC(=O)C1=C(c2ccccc2Cl)N=CC(C(=O)OCCOC)C1. The molecule has 1 aliphatic rings. The van der Waals surface area contributed by atoms with Gasteiger partial charge in [0, 0.05) is 31.0 Å². The summed E-state index contributed by atoms with van der Waals surface area (Å²) in [6, 6.07) is 7.04. The molecule has 0 radical (unpaired) electrons. The smallest absolute Gasteiger partial charge is 0.336 e. The maximum absolute atomic E-state index is 12.6. The molecule has 0 saturated carbocycles. The lowest BCUT2D eigenvalue weighted by Gasteiger charge is -2.20. The number of benzene rings is 1. The van der Waals surface area contributed by atoms with Crippen molar-refractivity contribution in [2.24, 2.45) is 10.9 Å². The Balaban J connectivity index is 2.25. The first-order chi connectivity index (χ1) is 13.1. The Labute approximate surface area is 162 Å². The molecular formula is C19H22ClNO6. The van der Waals surface area contributed by atoms with Gasteiger partial charge < -0.3 is 18.9 Å². The third kappa shape index (κ3) is 5.89. The van der Waals surface area contributed by atoms with Crippen LogP contribution in [0.4, 0.5) is 0 Å². The van der Waals surface area contributed by atoms with E-state index in [1.807, 2.05) is 0 Å². The van der Waals surface area contributed by atoms with E-state index in [0.717, 1.165) is 0 Å². The number of halogens is 1. The van der Waals surface area contributed by atoms with E-state index in [0.29, 0.717) is 22.9 Å². The summed E-state index contributed by atoms with van der Waals surface area (Å²) in [5.41, 5.74) is 1.26. The summed E-state index contributed by atoms with van der Waals surface area (Å²) in [5, 5.41) is 0.452. The molecule has 1 heterocycles. The van der Waals surface area contributed by atoms with E-state index in [1.54, 1.807) is 24.3 Å². The number of carbonyl (C=O) groups is 2. The van der Waals surface area contributed by atoms with Gasteiger partial charge in [-0.25, -0.2) is 4.79 Å². The van der Waals surface area contributed by atoms with Crippen molar-refractivity contribution in [2.45, 2.75) is 6.42 Å². The number of ether oxygens (including phenoxy) is 4. The topological polar surface area (TPSA) is 83.4 Å². The normalized spacial score (nSPS) is 16.3. The summed E-state index contributed by atoms with van der Waals surface area (Å²) in [7, 11) is 3.03. The number of carbonyl (C=O) groups excluding carboxylic acids is 2. The van der Waals surface area contributed by atoms with Crippen molar-refractivity contribution in [3.8, 4) is 0 Å². The summed E-state index contributed by atoms with van der Waals surface area (Å²) in [6.07, 6.45) is 1.58. The molecule has 1 aromatic carbocycles. The molecule has 7 nitrogen and oxygen atoms in total. The zero-order valence-electron chi connectivity index (χ0n) is 15.3. The highest BCUT2D eigenvalue weighted by Gasteiger charge is 2.30. The van der Waals surface area contributed by atoms with E-state index in [1.165, 1.54) is 20.4 Å². The minimum absolute atomic E-state index is 0.0985. The lowest BCUT2D eigenvalue weighted by atomic mass is 9.93. The Kier molecular flexibility index (Phi) is 8.44. The third-order valence-electron chi connectivity index (χ3n) is 3.82. The first kappa shape index (κ1) is 21.1. The summed E-state index contributed by atoms with van der Waals surface area (Å²) in [6.45, 7) is 0.796. The van der Waals surface area contributed by atoms with Gasteiger partial charge in [-0.15, -0.1) is 0 Å². The van der Waals surface area contributed by atoms with Gasteiger partial charge in [0.2, 0.25) is 0 Å². The van der Waals surface area contributed by atoms with Gasteiger partial charge in [-0.3, -0.25) is 9.79 Å². The van der Waals surface area contributed by atoms with Gasteiger partial charge in [-0.05, 0) is 12.5 Å². The highest BCUT2D eigenvalue weighted by molar-refractivity contribution is 6.32. The van der Waals surface area contributed by atoms with Gasteiger partial charge in [-0.2, -0.15) is 0 Å². The molecule has 27 heavy (non-hydrogen) atoms. The third-order valence-corrected chi connectivity index (χ3v) is 4.15. The van der Waals surface area contributed by atoms with E-state index in [4.69, 9.17) is 30.5 Å². The summed E-state index contributed by atoms with van der Waals surface area (Å²) < 4.78 is 20.1. The Morgan fingerprint density at radius 2 is 1.74 bits per heavy atom. The summed E-state index contributed by atoms with van der Waals surface area (Å²) in [5.74, 6) is -1.72. The lowest BCUT2D eigenvalue weighted by Crippen LogP contribution is -2.26. The minimum atomic E-state index is -0.682.